The van der Waals surface area contributed by atoms with Crippen molar-refractivity contribution in [3.63, 3.8) is 0 Å². The van der Waals surface area contributed by atoms with Crippen LogP contribution < -0.4 is 5.43 Å². The van der Waals surface area contributed by atoms with Gasteiger partial charge in [0.1, 0.15) is 83.3 Å². The third-order valence-corrected chi connectivity index (χ3v) is 7.31. The first-order valence-corrected chi connectivity index (χ1v) is 12.3. The van der Waals surface area contributed by atoms with E-state index in [1.54, 1.807) is 0 Å². The average molecular weight is 564 g/mol. The van der Waals surface area contributed by atoms with Gasteiger partial charge in [-0.15, -0.1) is 0 Å². The number of aliphatic hydroxyl groups is 7. The van der Waals surface area contributed by atoms with E-state index in [2.05, 4.69) is 0 Å². The fourth-order valence-corrected chi connectivity index (χ4v) is 5.11. The van der Waals surface area contributed by atoms with Crippen molar-refractivity contribution in [2.75, 3.05) is 13.2 Å². The summed E-state index contributed by atoms with van der Waals surface area (Å²) < 4.78 is 16.9. The van der Waals surface area contributed by atoms with Crippen LogP contribution >= 0.6 is 0 Å². The fraction of sp³-hybridized carbons (Fsp3) is 0.423. The highest BCUT2D eigenvalue weighted by Gasteiger charge is 2.48. The molecule has 2 aromatic carbocycles. The molecule has 14 nitrogen and oxygen atoms in total. The maximum Gasteiger partial charge on any atom is 0.197 e. The summed E-state index contributed by atoms with van der Waals surface area (Å²) in [7, 11) is 0. The molecule has 5 rings (SSSR count). The minimum atomic E-state index is -1.98. The van der Waals surface area contributed by atoms with Crippen molar-refractivity contribution < 1.29 is 65.0 Å². The van der Waals surface area contributed by atoms with E-state index >= 15 is 0 Å². The summed E-state index contributed by atoms with van der Waals surface area (Å²) in [5.74, 6) is -2.01. The molecule has 0 aliphatic carbocycles. The Morgan fingerprint density at radius 2 is 1.43 bits per heavy atom. The zero-order valence-corrected chi connectivity index (χ0v) is 20.6. The van der Waals surface area contributed by atoms with Gasteiger partial charge in [0.15, 0.2) is 11.0 Å². The minimum absolute atomic E-state index is 0.0710. The van der Waals surface area contributed by atoms with Gasteiger partial charge >= 0.3 is 0 Å². The van der Waals surface area contributed by atoms with Crippen molar-refractivity contribution in [3.8, 4) is 28.6 Å². The quantitative estimate of drug-likeness (QED) is 0.169. The number of hydrogen-bond acceptors (Lipinski definition) is 14. The summed E-state index contributed by atoms with van der Waals surface area (Å²) in [6.07, 6.45) is -15.7. The van der Waals surface area contributed by atoms with Crippen LogP contribution in [0.5, 0.6) is 17.2 Å². The van der Waals surface area contributed by atoms with E-state index in [1.807, 2.05) is 0 Å². The summed E-state index contributed by atoms with van der Waals surface area (Å²) in [4.78, 5) is 13.4. The Bertz CT molecular complexity index is 1450. The van der Waals surface area contributed by atoms with Crippen molar-refractivity contribution in [2.45, 2.75) is 54.9 Å². The Hall–Kier alpha value is -3.31. The van der Waals surface area contributed by atoms with Crippen LogP contribution in [0.2, 0.25) is 0 Å². The predicted octanol–water partition coefficient (Wildman–Crippen LogP) is -1.75. The van der Waals surface area contributed by atoms with Crippen molar-refractivity contribution in [2.24, 2.45) is 0 Å². The molecule has 2 aliphatic heterocycles. The van der Waals surface area contributed by atoms with Gasteiger partial charge in [0.25, 0.3) is 0 Å². The number of rotatable bonds is 4. The molecule has 10 N–H and O–H groups in total. The Kier molecular flexibility index (Phi) is 7.47. The van der Waals surface area contributed by atoms with Crippen molar-refractivity contribution in [3.05, 3.63) is 51.7 Å². The van der Waals surface area contributed by atoms with Crippen LogP contribution in [0.3, 0.4) is 0 Å². The van der Waals surface area contributed by atoms with Crippen molar-refractivity contribution in [1.29, 1.82) is 0 Å². The van der Waals surface area contributed by atoms with Crippen LogP contribution in [0.1, 0.15) is 23.3 Å². The predicted molar refractivity (Wildman–Crippen MR) is 132 cm³/mol. The van der Waals surface area contributed by atoms with Gasteiger partial charge in [0, 0.05) is 11.6 Å². The van der Waals surface area contributed by atoms with E-state index in [9.17, 15) is 55.9 Å². The molecule has 3 heterocycles. The van der Waals surface area contributed by atoms with Crippen LogP contribution in [0.15, 0.2) is 39.5 Å². The summed E-state index contributed by atoms with van der Waals surface area (Å²) >= 11 is 0. The first-order chi connectivity index (χ1) is 19.0. The van der Waals surface area contributed by atoms with Gasteiger partial charge in [-0.1, -0.05) is 0 Å². The zero-order chi connectivity index (χ0) is 29.0. The molecular formula is C26H28O14. The van der Waals surface area contributed by atoms with E-state index in [0.29, 0.717) is 5.56 Å². The van der Waals surface area contributed by atoms with Crippen LogP contribution in [-0.4, -0.2) is 107 Å². The van der Waals surface area contributed by atoms with Gasteiger partial charge < -0.3 is 65.0 Å². The van der Waals surface area contributed by atoms with E-state index in [0.717, 1.165) is 6.07 Å². The molecular weight excluding hydrogens is 536 g/mol. The molecule has 2 saturated heterocycles. The second-order valence-corrected chi connectivity index (χ2v) is 9.80. The summed E-state index contributed by atoms with van der Waals surface area (Å²) in [5, 5.41) is 104. The van der Waals surface area contributed by atoms with E-state index in [1.165, 1.54) is 24.3 Å². The van der Waals surface area contributed by atoms with Gasteiger partial charge in [0.2, 0.25) is 0 Å². The smallest absolute Gasteiger partial charge is 0.197 e. The molecule has 0 bridgehead atoms. The number of phenolic OH excluding ortho intramolecular Hbond substituents is 3. The fourth-order valence-electron chi connectivity index (χ4n) is 5.11. The molecule has 9 atom stereocenters. The SMILES string of the molecule is O=c1cc(-c2ccc(O)cc2)oc2c([C@@H]3OC[C@H](O)[C@H](O)[C@@H]3O)c(O)c([C@@H]3O[C@H](CO)[C@@H](O)[C@H](O)[C@@H]3O)c(O)c12. The average Bonchev–Trinajstić information content (AvgIpc) is 2.92. The summed E-state index contributed by atoms with van der Waals surface area (Å²) in [6, 6.07) is 6.50. The Labute approximate surface area is 224 Å². The third kappa shape index (κ3) is 4.49. The zero-order valence-electron chi connectivity index (χ0n) is 20.6. The standard InChI is InChI=1S/C26H28O14/c27-6-13-18(32)21(35)23(37)26(40-13)15-19(33)14-10(29)5-12(8-1-3-9(28)4-2-8)39-24(14)16(20(15)34)25-22(36)17(31)11(30)7-38-25/h1-5,11,13,17-18,21-23,25-28,30-37H,6-7H2/t11-,13+,17-,18+,21-,22-,23-,25-,26-/m0/s1. The highest BCUT2D eigenvalue weighted by atomic mass is 16.5. The number of hydrogen-bond donors (Lipinski definition) is 10. The number of fused-ring (bicyclic) bond motifs is 1. The van der Waals surface area contributed by atoms with E-state index < -0.39 is 107 Å². The van der Waals surface area contributed by atoms with Gasteiger partial charge in [-0.25, -0.2) is 0 Å². The third-order valence-electron chi connectivity index (χ3n) is 7.31. The van der Waals surface area contributed by atoms with Crippen LogP contribution in [0.25, 0.3) is 22.3 Å². The van der Waals surface area contributed by atoms with Crippen LogP contribution in [0, 0.1) is 0 Å². The Morgan fingerprint density at radius 1 is 0.775 bits per heavy atom. The lowest BCUT2D eigenvalue weighted by Gasteiger charge is -2.41. The second-order valence-electron chi connectivity index (χ2n) is 9.80. The lowest BCUT2D eigenvalue weighted by atomic mass is 9.85. The minimum Gasteiger partial charge on any atom is -0.508 e. The van der Waals surface area contributed by atoms with Crippen LogP contribution in [0.4, 0.5) is 0 Å². The Morgan fingerprint density at radius 3 is 2.08 bits per heavy atom. The van der Waals surface area contributed by atoms with Crippen molar-refractivity contribution in [1.82, 2.24) is 0 Å². The number of benzene rings is 2. The number of aliphatic hydroxyl groups excluding tert-OH is 7. The molecule has 0 unspecified atom stereocenters. The van der Waals surface area contributed by atoms with Gasteiger partial charge in [-0.3, -0.25) is 4.79 Å². The maximum absolute atomic E-state index is 13.4. The lowest BCUT2D eigenvalue weighted by Crippen LogP contribution is -2.55. The molecule has 0 saturated carbocycles. The topological polar surface area (TPSA) is 251 Å². The number of aromatic hydroxyl groups is 3. The molecule has 216 valence electrons. The van der Waals surface area contributed by atoms with Gasteiger partial charge in [0.05, 0.1) is 24.3 Å². The highest BCUT2D eigenvalue weighted by molar-refractivity contribution is 5.92. The molecule has 0 spiro atoms. The highest BCUT2D eigenvalue weighted by Crippen LogP contribution is 2.50. The molecule has 1 aromatic heterocycles. The molecule has 2 aliphatic rings. The molecule has 0 amide bonds. The molecule has 40 heavy (non-hydrogen) atoms. The van der Waals surface area contributed by atoms with E-state index in [-0.39, 0.29) is 11.5 Å². The second kappa shape index (κ2) is 10.6. The monoisotopic (exact) mass is 564 g/mol. The maximum atomic E-state index is 13.4. The summed E-state index contributed by atoms with van der Waals surface area (Å²) in [5.41, 5.74) is -2.15. The van der Waals surface area contributed by atoms with Crippen molar-refractivity contribution >= 4 is 11.0 Å². The Balaban J connectivity index is 1.80. The summed E-state index contributed by atoms with van der Waals surface area (Å²) in [6.45, 7) is -1.34. The van der Waals surface area contributed by atoms with Crippen LogP contribution in [-0.2, 0) is 9.47 Å². The molecule has 14 heteroatoms. The molecule has 0 radical (unpaired) electrons. The normalized spacial score (nSPS) is 32.8. The van der Waals surface area contributed by atoms with Gasteiger partial charge in [-0.05, 0) is 24.3 Å². The first kappa shape index (κ1) is 28.2. The number of ether oxygens (including phenoxy) is 2. The molecule has 3 aromatic rings. The molecule has 2 fully saturated rings. The van der Waals surface area contributed by atoms with E-state index in [4.69, 9.17) is 13.9 Å². The largest absolute Gasteiger partial charge is 0.508 e. The lowest BCUT2D eigenvalue weighted by molar-refractivity contribution is -0.232. The first-order valence-electron chi connectivity index (χ1n) is 12.3. The number of phenols is 3. The van der Waals surface area contributed by atoms with Gasteiger partial charge in [-0.2, -0.15) is 0 Å².